The van der Waals surface area contributed by atoms with E-state index in [-0.39, 0.29) is 23.3 Å². The van der Waals surface area contributed by atoms with Crippen molar-refractivity contribution in [3.05, 3.63) is 23.8 Å². The fourth-order valence-electron chi connectivity index (χ4n) is 1.65. The van der Waals surface area contributed by atoms with E-state index < -0.39 is 0 Å². The lowest BCUT2D eigenvalue weighted by atomic mass is 10.1. The Morgan fingerprint density at radius 2 is 2.16 bits per heavy atom. The summed E-state index contributed by atoms with van der Waals surface area (Å²) >= 11 is 0. The molecule has 0 radical (unpaired) electrons. The maximum Gasteiger partial charge on any atom is 0.255 e. The third-order valence-corrected chi connectivity index (χ3v) is 2.84. The van der Waals surface area contributed by atoms with Gasteiger partial charge < -0.3 is 20.1 Å². The normalized spacial score (nSPS) is 12.3. The first-order chi connectivity index (χ1) is 8.93. The van der Waals surface area contributed by atoms with Gasteiger partial charge in [0.05, 0.1) is 12.7 Å². The number of benzene rings is 1. The van der Waals surface area contributed by atoms with Gasteiger partial charge in [0.25, 0.3) is 5.91 Å². The van der Waals surface area contributed by atoms with Gasteiger partial charge in [-0.2, -0.15) is 0 Å². The number of phenols is 1. The van der Waals surface area contributed by atoms with Crippen molar-refractivity contribution < 1.29 is 14.6 Å². The van der Waals surface area contributed by atoms with E-state index in [4.69, 9.17) is 4.74 Å². The summed E-state index contributed by atoms with van der Waals surface area (Å²) in [4.78, 5) is 14.1. The van der Waals surface area contributed by atoms with Gasteiger partial charge in [0, 0.05) is 6.04 Å². The number of phenolic OH excluding ortho intramolecular Hbond substituents is 1. The van der Waals surface area contributed by atoms with Crippen LogP contribution in [0.5, 0.6) is 11.5 Å². The second-order valence-corrected chi connectivity index (χ2v) is 4.85. The Bertz CT molecular complexity index is 433. The molecular weight excluding hydrogens is 244 g/mol. The van der Waals surface area contributed by atoms with Crippen LogP contribution in [0.1, 0.15) is 23.7 Å². The maximum atomic E-state index is 12.0. The fraction of sp³-hybridized carbons (Fsp3) is 0.500. The molecule has 0 heterocycles. The lowest BCUT2D eigenvalue weighted by Gasteiger charge is -2.17. The number of carbonyl (C=O) groups excluding carboxylic acids is 1. The standard InChI is InChI=1S/C14H22N2O3/c1-10(7-8-16(2)3)15-14(18)12-9-11(19-4)5-6-13(12)17/h5-6,9-10,17H,7-8H2,1-4H3,(H,15,18). The number of amides is 1. The minimum atomic E-state index is -0.289. The summed E-state index contributed by atoms with van der Waals surface area (Å²) in [5.41, 5.74) is 0.232. The van der Waals surface area contributed by atoms with Crippen molar-refractivity contribution in [2.45, 2.75) is 19.4 Å². The Morgan fingerprint density at radius 1 is 1.47 bits per heavy atom. The van der Waals surface area contributed by atoms with Crippen LogP contribution in [0.25, 0.3) is 0 Å². The van der Waals surface area contributed by atoms with E-state index in [1.54, 1.807) is 6.07 Å². The van der Waals surface area contributed by atoms with E-state index in [0.29, 0.717) is 5.75 Å². The van der Waals surface area contributed by atoms with Crippen molar-refractivity contribution in [3.63, 3.8) is 0 Å². The fourth-order valence-corrected chi connectivity index (χ4v) is 1.65. The highest BCUT2D eigenvalue weighted by Gasteiger charge is 2.14. The van der Waals surface area contributed by atoms with Crippen LogP contribution in [0.15, 0.2) is 18.2 Å². The predicted molar refractivity (Wildman–Crippen MR) is 74.8 cm³/mol. The number of rotatable bonds is 6. The van der Waals surface area contributed by atoms with Crippen LogP contribution in [-0.4, -0.2) is 49.7 Å². The Kier molecular flexibility index (Phi) is 5.63. The zero-order valence-electron chi connectivity index (χ0n) is 11.9. The number of carbonyl (C=O) groups is 1. The quantitative estimate of drug-likeness (QED) is 0.818. The SMILES string of the molecule is COc1ccc(O)c(C(=O)NC(C)CCN(C)C)c1. The third-order valence-electron chi connectivity index (χ3n) is 2.84. The first-order valence-electron chi connectivity index (χ1n) is 6.26. The van der Waals surface area contributed by atoms with Gasteiger partial charge in [-0.3, -0.25) is 4.79 Å². The van der Waals surface area contributed by atoms with Crippen LogP contribution in [0.3, 0.4) is 0 Å². The number of hydrogen-bond donors (Lipinski definition) is 2. The highest BCUT2D eigenvalue weighted by molar-refractivity contribution is 5.97. The smallest absolute Gasteiger partial charge is 0.255 e. The molecule has 0 saturated heterocycles. The molecule has 1 atom stereocenters. The van der Waals surface area contributed by atoms with Gasteiger partial charge in [-0.05, 0) is 52.2 Å². The molecule has 0 bridgehead atoms. The second-order valence-electron chi connectivity index (χ2n) is 4.85. The average molecular weight is 266 g/mol. The van der Waals surface area contributed by atoms with Crippen LogP contribution in [0.4, 0.5) is 0 Å². The summed E-state index contributed by atoms with van der Waals surface area (Å²) in [5.74, 6) is 0.213. The van der Waals surface area contributed by atoms with Gasteiger partial charge >= 0.3 is 0 Å². The molecule has 1 aromatic carbocycles. The highest BCUT2D eigenvalue weighted by atomic mass is 16.5. The molecule has 5 nitrogen and oxygen atoms in total. The zero-order valence-corrected chi connectivity index (χ0v) is 11.9. The van der Waals surface area contributed by atoms with Crippen molar-refractivity contribution in [2.75, 3.05) is 27.7 Å². The highest BCUT2D eigenvalue weighted by Crippen LogP contribution is 2.22. The second kappa shape index (κ2) is 6.99. The molecule has 1 aromatic rings. The number of nitrogens with one attached hydrogen (secondary N) is 1. The molecule has 1 amide bonds. The summed E-state index contributed by atoms with van der Waals surface area (Å²) in [6.45, 7) is 2.84. The van der Waals surface area contributed by atoms with E-state index >= 15 is 0 Å². The van der Waals surface area contributed by atoms with Gasteiger partial charge in [0.2, 0.25) is 0 Å². The maximum absolute atomic E-state index is 12.0. The van der Waals surface area contributed by atoms with Crippen molar-refractivity contribution in [3.8, 4) is 11.5 Å². The van der Waals surface area contributed by atoms with Crippen molar-refractivity contribution >= 4 is 5.91 Å². The molecule has 0 aromatic heterocycles. The van der Waals surface area contributed by atoms with Crippen molar-refractivity contribution in [1.29, 1.82) is 0 Å². The van der Waals surface area contributed by atoms with Crippen LogP contribution < -0.4 is 10.1 Å². The van der Waals surface area contributed by atoms with Gasteiger partial charge in [-0.1, -0.05) is 0 Å². The molecule has 0 spiro atoms. The molecule has 106 valence electrons. The van der Waals surface area contributed by atoms with E-state index in [2.05, 4.69) is 10.2 Å². The first kappa shape index (κ1) is 15.3. The van der Waals surface area contributed by atoms with Gasteiger partial charge in [-0.25, -0.2) is 0 Å². The first-order valence-corrected chi connectivity index (χ1v) is 6.26. The van der Waals surface area contributed by atoms with E-state index in [9.17, 15) is 9.90 Å². The van der Waals surface area contributed by atoms with Crippen molar-refractivity contribution in [2.24, 2.45) is 0 Å². The minimum Gasteiger partial charge on any atom is -0.507 e. The molecular formula is C14H22N2O3. The summed E-state index contributed by atoms with van der Waals surface area (Å²) < 4.78 is 5.05. The Balaban J connectivity index is 2.67. The lowest BCUT2D eigenvalue weighted by Crippen LogP contribution is -2.34. The Labute approximate surface area is 114 Å². The Hall–Kier alpha value is -1.75. The van der Waals surface area contributed by atoms with Crippen LogP contribution in [0.2, 0.25) is 0 Å². The van der Waals surface area contributed by atoms with Gasteiger partial charge in [0.15, 0.2) is 0 Å². The minimum absolute atomic E-state index is 0.0421. The number of nitrogens with zero attached hydrogens (tertiary/aromatic N) is 1. The largest absolute Gasteiger partial charge is 0.507 e. The molecule has 1 rings (SSSR count). The molecule has 0 fully saturated rings. The lowest BCUT2D eigenvalue weighted by molar-refractivity contribution is 0.0933. The van der Waals surface area contributed by atoms with Crippen LogP contribution in [0, 0.1) is 0 Å². The molecule has 0 aliphatic carbocycles. The van der Waals surface area contributed by atoms with Crippen LogP contribution in [-0.2, 0) is 0 Å². The molecule has 1 unspecified atom stereocenters. The van der Waals surface area contributed by atoms with E-state index in [1.165, 1.54) is 19.2 Å². The average Bonchev–Trinajstić information content (AvgIpc) is 2.36. The van der Waals surface area contributed by atoms with E-state index in [0.717, 1.165) is 13.0 Å². The molecule has 0 aliphatic rings. The molecule has 19 heavy (non-hydrogen) atoms. The Morgan fingerprint density at radius 3 is 2.74 bits per heavy atom. The number of methoxy groups -OCH3 is 1. The third kappa shape index (κ3) is 4.79. The number of ether oxygens (including phenoxy) is 1. The zero-order chi connectivity index (χ0) is 14.4. The summed E-state index contributed by atoms with van der Waals surface area (Å²) in [7, 11) is 5.50. The summed E-state index contributed by atoms with van der Waals surface area (Å²) in [6.07, 6.45) is 0.851. The van der Waals surface area contributed by atoms with Gasteiger partial charge in [-0.15, -0.1) is 0 Å². The predicted octanol–water partition coefficient (Wildman–Crippen LogP) is 1.47. The molecule has 0 aliphatic heterocycles. The van der Waals surface area contributed by atoms with Gasteiger partial charge in [0.1, 0.15) is 11.5 Å². The summed E-state index contributed by atoms with van der Waals surface area (Å²) in [5, 5.41) is 12.6. The summed E-state index contributed by atoms with van der Waals surface area (Å²) in [6, 6.07) is 4.64. The number of hydrogen-bond acceptors (Lipinski definition) is 4. The van der Waals surface area contributed by atoms with Crippen molar-refractivity contribution in [1.82, 2.24) is 10.2 Å². The topological polar surface area (TPSA) is 61.8 Å². The monoisotopic (exact) mass is 266 g/mol. The molecule has 0 saturated carbocycles. The molecule has 5 heteroatoms. The van der Waals surface area contributed by atoms with Crippen LogP contribution >= 0.6 is 0 Å². The molecule has 2 N–H and O–H groups in total. The number of aromatic hydroxyl groups is 1. The van der Waals surface area contributed by atoms with E-state index in [1.807, 2.05) is 21.0 Å².